The van der Waals surface area contributed by atoms with E-state index in [1.165, 1.54) is 6.07 Å². The van der Waals surface area contributed by atoms with Crippen molar-refractivity contribution in [3.05, 3.63) is 22.2 Å². The van der Waals surface area contributed by atoms with Crippen LogP contribution in [0.15, 0.2) is 10.9 Å². The van der Waals surface area contributed by atoms with Crippen LogP contribution < -0.4 is 16.2 Å². The third kappa shape index (κ3) is 4.67. The van der Waals surface area contributed by atoms with Gasteiger partial charge in [0.05, 0.1) is 6.54 Å². The summed E-state index contributed by atoms with van der Waals surface area (Å²) in [5.74, 6) is 0.897. The maximum Gasteiger partial charge on any atom is 0.252 e. The largest absolute Gasteiger partial charge is 0.361 e. The number of aromatic nitrogens is 2. The smallest absolute Gasteiger partial charge is 0.252 e. The average Bonchev–Trinajstić information content (AvgIpc) is 2.24. The highest BCUT2D eigenvalue weighted by molar-refractivity contribution is 5.80. The van der Waals surface area contributed by atoms with Crippen LogP contribution in [0.3, 0.4) is 0 Å². The van der Waals surface area contributed by atoms with Crippen LogP contribution in [0, 0.1) is 0 Å². The number of anilines is 1. The highest BCUT2D eigenvalue weighted by Gasteiger charge is 2.04. The number of aryl methyl sites for hydroxylation is 1. The Bertz CT molecular complexity index is 439. The first-order chi connectivity index (χ1) is 8.01. The fourth-order valence-corrected chi connectivity index (χ4v) is 1.31. The summed E-state index contributed by atoms with van der Waals surface area (Å²) >= 11 is 0. The zero-order chi connectivity index (χ0) is 12.8. The molecule has 0 atom stereocenters. The molecule has 6 heteroatoms. The Kier molecular flexibility index (Phi) is 4.68. The molecule has 3 N–H and O–H groups in total. The number of H-pyrrole nitrogens is 1. The predicted molar refractivity (Wildman–Crippen MR) is 66.0 cm³/mol. The van der Waals surface area contributed by atoms with Crippen LogP contribution in [0.25, 0.3) is 0 Å². The van der Waals surface area contributed by atoms with Gasteiger partial charge in [0.1, 0.15) is 11.6 Å². The zero-order valence-electron chi connectivity index (χ0n) is 10.3. The van der Waals surface area contributed by atoms with Crippen LogP contribution in [0.2, 0.25) is 0 Å². The molecule has 0 spiro atoms. The first-order valence-electron chi connectivity index (χ1n) is 5.64. The van der Waals surface area contributed by atoms with Crippen molar-refractivity contribution in [2.75, 3.05) is 11.9 Å². The zero-order valence-corrected chi connectivity index (χ0v) is 10.3. The van der Waals surface area contributed by atoms with Crippen molar-refractivity contribution in [2.24, 2.45) is 0 Å². The summed E-state index contributed by atoms with van der Waals surface area (Å²) in [7, 11) is 0. The van der Waals surface area contributed by atoms with Crippen molar-refractivity contribution in [3.63, 3.8) is 0 Å². The van der Waals surface area contributed by atoms with E-state index in [-0.39, 0.29) is 24.1 Å². The van der Waals surface area contributed by atoms with Crippen LogP contribution >= 0.6 is 0 Å². The molecule has 0 aliphatic carbocycles. The van der Waals surface area contributed by atoms with Crippen LogP contribution in [-0.2, 0) is 11.2 Å². The highest BCUT2D eigenvalue weighted by atomic mass is 16.2. The summed E-state index contributed by atoms with van der Waals surface area (Å²) in [6.45, 7) is 5.78. The van der Waals surface area contributed by atoms with Gasteiger partial charge in [-0.3, -0.25) is 9.59 Å². The molecule has 1 aromatic rings. The van der Waals surface area contributed by atoms with Crippen molar-refractivity contribution >= 4 is 11.7 Å². The Morgan fingerprint density at radius 3 is 2.82 bits per heavy atom. The molecule has 0 radical (unpaired) electrons. The molecule has 0 fully saturated rings. The Morgan fingerprint density at radius 1 is 1.53 bits per heavy atom. The molecule has 0 saturated heterocycles. The van der Waals surface area contributed by atoms with E-state index in [9.17, 15) is 9.59 Å². The minimum Gasteiger partial charge on any atom is -0.361 e. The molecule has 0 aliphatic heterocycles. The van der Waals surface area contributed by atoms with E-state index < -0.39 is 0 Å². The van der Waals surface area contributed by atoms with Gasteiger partial charge in [-0.15, -0.1) is 0 Å². The van der Waals surface area contributed by atoms with E-state index >= 15 is 0 Å². The second-order valence-corrected chi connectivity index (χ2v) is 4.01. The van der Waals surface area contributed by atoms with Gasteiger partial charge in [-0.2, -0.15) is 0 Å². The minimum atomic E-state index is -0.219. The summed E-state index contributed by atoms with van der Waals surface area (Å²) in [6.07, 6.45) is 0.642. The first kappa shape index (κ1) is 13.2. The first-order valence-corrected chi connectivity index (χ1v) is 5.64. The fourth-order valence-electron chi connectivity index (χ4n) is 1.31. The lowest BCUT2D eigenvalue weighted by Crippen LogP contribution is -2.35. The number of rotatable bonds is 5. The fraction of sp³-hybridized carbons (Fsp3) is 0.545. The van der Waals surface area contributed by atoms with Gasteiger partial charge in [0.25, 0.3) is 5.56 Å². The summed E-state index contributed by atoms with van der Waals surface area (Å²) in [4.78, 5) is 29.4. The third-order valence-corrected chi connectivity index (χ3v) is 2.01. The molecule has 0 bridgehead atoms. The van der Waals surface area contributed by atoms with Crippen LogP contribution in [0.5, 0.6) is 0 Å². The molecule has 1 heterocycles. The Labute approximate surface area is 99.8 Å². The van der Waals surface area contributed by atoms with Crippen LogP contribution in [0.1, 0.15) is 26.6 Å². The molecule has 0 saturated carbocycles. The number of carbonyl (C=O) groups is 1. The molecular formula is C11H18N4O2. The van der Waals surface area contributed by atoms with Gasteiger partial charge < -0.3 is 15.6 Å². The van der Waals surface area contributed by atoms with E-state index in [1.54, 1.807) is 0 Å². The number of hydrogen-bond donors (Lipinski definition) is 3. The lowest BCUT2D eigenvalue weighted by Gasteiger charge is -2.09. The Morgan fingerprint density at radius 2 is 2.24 bits per heavy atom. The normalized spacial score (nSPS) is 10.4. The van der Waals surface area contributed by atoms with Crippen molar-refractivity contribution in [2.45, 2.75) is 33.2 Å². The number of hydrogen-bond acceptors (Lipinski definition) is 4. The molecule has 1 amide bonds. The van der Waals surface area contributed by atoms with Gasteiger partial charge in [0, 0.05) is 18.5 Å². The summed E-state index contributed by atoms with van der Waals surface area (Å²) in [6, 6.07) is 1.43. The van der Waals surface area contributed by atoms with Gasteiger partial charge in [-0.1, -0.05) is 6.92 Å². The molecule has 0 aromatic carbocycles. The Hall–Kier alpha value is -1.85. The monoisotopic (exact) mass is 238 g/mol. The predicted octanol–water partition coefficient (Wildman–Crippen LogP) is 0.269. The number of aromatic amines is 1. The quantitative estimate of drug-likeness (QED) is 0.687. The van der Waals surface area contributed by atoms with Crippen molar-refractivity contribution in [1.82, 2.24) is 15.3 Å². The molecule has 17 heavy (non-hydrogen) atoms. The van der Waals surface area contributed by atoms with E-state index in [4.69, 9.17) is 0 Å². The summed E-state index contributed by atoms with van der Waals surface area (Å²) in [5.41, 5.74) is -0.219. The van der Waals surface area contributed by atoms with Gasteiger partial charge >= 0.3 is 0 Å². The standard InChI is InChI=1S/C11H18N4O2/c1-4-8-14-9(5-10(16)15-8)12-6-11(17)13-7(2)3/h5,7H,4,6H2,1-3H3,(H,13,17)(H2,12,14,15,16). The molecule has 1 rings (SSSR count). The van der Waals surface area contributed by atoms with Crippen LogP contribution in [-0.4, -0.2) is 28.5 Å². The third-order valence-electron chi connectivity index (χ3n) is 2.01. The maximum absolute atomic E-state index is 11.4. The topological polar surface area (TPSA) is 86.9 Å². The number of carbonyl (C=O) groups excluding carboxylic acids is 1. The lowest BCUT2D eigenvalue weighted by molar-refractivity contribution is -0.119. The molecule has 94 valence electrons. The van der Waals surface area contributed by atoms with E-state index in [0.717, 1.165) is 0 Å². The highest BCUT2D eigenvalue weighted by Crippen LogP contribution is 1.98. The molecule has 0 aliphatic rings. The van der Waals surface area contributed by atoms with Gasteiger partial charge in [0.15, 0.2) is 0 Å². The lowest BCUT2D eigenvalue weighted by atomic mass is 10.4. The molecular weight excluding hydrogens is 220 g/mol. The van der Waals surface area contributed by atoms with E-state index in [0.29, 0.717) is 18.1 Å². The second kappa shape index (κ2) is 6.03. The second-order valence-electron chi connectivity index (χ2n) is 4.01. The van der Waals surface area contributed by atoms with Gasteiger partial charge in [-0.25, -0.2) is 4.98 Å². The average molecular weight is 238 g/mol. The van der Waals surface area contributed by atoms with Crippen LogP contribution in [0.4, 0.5) is 5.82 Å². The van der Waals surface area contributed by atoms with E-state index in [2.05, 4.69) is 20.6 Å². The molecule has 6 nitrogen and oxygen atoms in total. The van der Waals surface area contributed by atoms with Crippen molar-refractivity contribution in [3.8, 4) is 0 Å². The number of nitrogens with zero attached hydrogens (tertiary/aromatic N) is 1. The van der Waals surface area contributed by atoms with Crippen molar-refractivity contribution < 1.29 is 4.79 Å². The minimum absolute atomic E-state index is 0.0997. The van der Waals surface area contributed by atoms with Gasteiger partial charge in [-0.05, 0) is 13.8 Å². The Balaban J connectivity index is 2.60. The SMILES string of the molecule is CCc1nc(NCC(=O)NC(C)C)cc(=O)[nH]1. The molecule has 0 unspecified atom stereocenters. The molecule has 1 aromatic heterocycles. The summed E-state index contributed by atoms with van der Waals surface area (Å²) in [5, 5.41) is 5.56. The number of amides is 1. The van der Waals surface area contributed by atoms with Crippen molar-refractivity contribution in [1.29, 1.82) is 0 Å². The number of nitrogens with one attached hydrogen (secondary N) is 3. The summed E-state index contributed by atoms with van der Waals surface area (Å²) < 4.78 is 0. The van der Waals surface area contributed by atoms with E-state index in [1.807, 2.05) is 20.8 Å². The maximum atomic E-state index is 11.4. The van der Waals surface area contributed by atoms with Gasteiger partial charge in [0.2, 0.25) is 5.91 Å².